The summed E-state index contributed by atoms with van der Waals surface area (Å²) in [7, 11) is 0. The first-order valence-corrected chi connectivity index (χ1v) is 6.48. The molecule has 1 aromatic heterocycles. The van der Waals surface area contributed by atoms with Gasteiger partial charge in [0.05, 0.1) is 30.4 Å². The Kier molecular flexibility index (Phi) is 2.89. The molecule has 17 heavy (non-hydrogen) atoms. The van der Waals surface area contributed by atoms with E-state index in [1.54, 1.807) is 0 Å². The van der Waals surface area contributed by atoms with Crippen LogP contribution in [0.15, 0.2) is 24.4 Å². The van der Waals surface area contributed by atoms with E-state index in [4.69, 9.17) is 4.74 Å². The van der Waals surface area contributed by atoms with Crippen molar-refractivity contribution in [2.45, 2.75) is 37.2 Å². The van der Waals surface area contributed by atoms with Gasteiger partial charge >= 0.3 is 0 Å². The molecule has 1 aromatic rings. The Balaban J connectivity index is 1.83. The van der Waals surface area contributed by atoms with Crippen molar-refractivity contribution in [3.05, 3.63) is 30.1 Å². The number of hydrogen-bond acceptors (Lipinski definition) is 3. The lowest BCUT2D eigenvalue weighted by Crippen LogP contribution is -2.54. The predicted octanol–water partition coefficient (Wildman–Crippen LogP) is 1.90. The summed E-state index contributed by atoms with van der Waals surface area (Å²) >= 11 is 0. The average molecular weight is 233 g/mol. The van der Waals surface area contributed by atoms with Gasteiger partial charge in [-0.2, -0.15) is 0 Å². The van der Waals surface area contributed by atoms with Gasteiger partial charge in [0.15, 0.2) is 0 Å². The summed E-state index contributed by atoms with van der Waals surface area (Å²) < 4.78 is 5.47. The molecule has 3 nitrogen and oxygen atoms in total. The largest absolute Gasteiger partial charge is 0.393 e. The minimum absolute atomic E-state index is 0.0898. The second kappa shape index (κ2) is 4.39. The molecular weight excluding hydrogens is 214 g/mol. The van der Waals surface area contributed by atoms with Gasteiger partial charge in [0.2, 0.25) is 0 Å². The molecule has 2 heterocycles. The SMILES string of the molecule is OC1CCC(C2(c3ccccn3)COC2)CC1. The molecule has 3 heteroatoms. The van der Waals surface area contributed by atoms with Crippen LogP contribution in [0.5, 0.6) is 0 Å². The number of aliphatic hydroxyl groups excluding tert-OH is 1. The number of aromatic nitrogens is 1. The van der Waals surface area contributed by atoms with Crippen molar-refractivity contribution in [2.24, 2.45) is 5.92 Å². The van der Waals surface area contributed by atoms with Crippen molar-refractivity contribution < 1.29 is 9.84 Å². The highest BCUT2D eigenvalue weighted by Gasteiger charge is 2.48. The lowest BCUT2D eigenvalue weighted by atomic mass is 9.65. The second-order valence-corrected chi connectivity index (χ2v) is 5.37. The number of aliphatic hydroxyl groups is 1. The third-order valence-corrected chi connectivity index (χ3v) is 4.37. The van der Waals surface area contributed by atoms with E-state index < -0.39 is 0 Å². The minimum Gasteiger partial charge on any atom is -0.393 e. The van der Waals surface area contributed by atoms with Gasteiger partial charge in [0.1, 0.15) is 0 Å². The third-order valence-electron chi connectivity index (χ3n) is 4.37. The zero-order valence-electron chi connectivity index (χ0n) is 10.0. The van der Waals surface area contributed by atoms with Gasteiger partial charge in [-0.3, -0.25) is 4.98 Å². The maximum absolute atomic E-state index is 9.61. The highest BCUT2D eigenvalue weighted by atomic mass is 16.5. The number of ether oxygens (including phenoxy) is 1. The topological polar surface area (TPSA) is 42.4 Å². The van der Waals surface area contributed by atoms with Crippen LogP contribution in [0.1, 0.15) is 31.4 Å². The van der Waals surface area contributed by atoms with E-state index in [0.29, 0.717) is 5.92 Å². The van der Waals surface area contributed by atoms with E-state index in [-0.39, 0.29) is 11.5 Å². The number of nitrogens with zero attached hydrogens (tertiary/aromatic N) is 1. The molecule has 0 amide bonds. The zero-order chi connectivity index (χ0) is 11.7. The predicted molar refractivity (Wildman–Crippen MR) is 64.7 cm³/mol. The maximum Gasteiger partial charge on any atom is 0.0621 e. The quantitative estimate of drug-likeness (QED) is 0.848. The molecule has 1 aliphatic heterocycles. The Hall–Kier alpha value is -0.930. The van der Waals surface area contributed by atoms with Crippen molar-refractivity contribution in [1.82, 2.24) is 4.98 Å². The molecule has 0 unspecified atom stereocenters. The Morgan fingerprint density at radius 1 is 1.18 bits per heavy atom. The first-order chi connectivity index (χ1) is 8.31. The van der Waals surface area contributed by atoms with Gasteiger partial charge in [0, 0.05) is 6.20 Å². The van der Waals surface area contributed by atoms with Gasteiger partial charge in [0.25, 0.3) is 0 Å². The van der Waals surface area contributed by atoms with Crippen molar-refractivity contribution in [3.8, 4) is 0 Å². The van der Waals surface area contributed by atoms with Crippen LogP contribution < -0.4 is 0 Å². The smallest absolute Gasteiger partial charge is 0.0621 e. The number of pyridine rings is 1. The van der Waals surface area contributed by atoms with E-state index in [9.17, 15) is 5.11 Å². The number of rotatable bonds is 2. The van der Waals surface area contributed by atoms with Gasteiger partial charge in [-0.05, 0) is 43.7 Å². The fourth-order valence-corrected chi connectivity index (χ4v) is 3.20. The molecule has 2 aliphatic rings. The van der Waals surface area contributed by atoms with E-state index in [1.165, 1.54) is 5.69 Å². The average Bonchev–Trinajstić information content (AvgIpc) is 2.32. The van der Waals surface area contributed by atoms with Crippen LogP contribution in [0.3, 0.4) is 0 Å². The van der Waals surface area contributed by atoms with Crippen molar-refractivity contribution >= 4 is 0 Å². The van der Waals surface area contributed by atoms with Gasteiger partial charge in [-0.1, -0.05) is 6.07 Å². The first kappa shape index (κ1) is 11.2. The molecule has 1 saturated carbocycles. The van der Waals surface area contributed by atoms with Crippen LogP contribution in [-0.4, -0.2) is 29.4 Å². The van der Waals surface area contributed by atoms with Crippen LogP contribution >= 0.6 is 0 Å². The lowest BCUT2D eigenvalue weighted by Gasteiger charge is -2.48. The molecule has 1 N–H and O–H groups in total. The molecule has 1 aliphatic carbocycles. The standard InChI is InChI=1S/C14H19NO2/c16-12-6-4-11(5-7-12)14(9-17-10-14)13-3-1-2-8-15-13/h1-3,8,11-12,16H,4-7,9-10H2. The fraction of sp³-hybridized carbons (Fsp3) is 0.643. The summed E-state index contributed by atoms with van der Waals surface area (Å²) in [4.78, 5) is 4.52. The number of hydrogen-bond donors (Lipinski definition) is 1. The van der Waals surface area contributed by atoms with E-state index in [0.717, 1.165) is 38.9 Å². The van der Waals surface area contributed by atoms with Crippen molar-refractivity contribution in [2.75, 3.05) is 13.2 Å². The summed E-state index contributed by atoms with van der Waals surface area (Å²) in [5, 5.41) is 9.61. The summed E-state index contributed by atoms with van der Waals surface area (Å²) in [6, 6.07) is 6.13. The monoisotopic (exact) mass is 233 g/mol. The highest BCUT2D eigenvalue weighted by Crippen LogP contribution is 2.45. The Morgan fingerprint density at radius 2 is 1.94 bits per heavy atom. The normalized spacial score (nSPS) is 31.8. The molecule has 0 radical (unpaired) electrons. The molecule has 3 rings (SSSR count). The Morgan fingerprint density at radius 3 is 2.47 bits per heavy atom. The molecule has 0 bridgehead atoms. The third kappa shape index (κ3) is 1.87. The van der Waals surface area contributed by atoms with Gasteiger partial charge < -0.3 is 9.84 Å². The fourth-order valence-electron chi connectivity index (χ4n) is 3.20. The van der Waals surface area contributed by atoms with Crippen LogP contribution in [0, 0.1) is 5.92 Å². The second-order valence-electron chi connectivity index (χ2n) is 5.37. The molecular formula is C14H19NO2. The lowest BCUT2D eigenvalue weighted by molar-refractivity contribution is -0.105. The van der Waals surface area contributed by atoms with Gasteiger partial charge in [-0.25, -0.2) is 0 Å². The van der Waals surface area contributed by atoms with E-state index >= 15 is 0 Å². The van der Waals surface area contributed by atoms with E-state index in [1.807, 2.05) is 12.3 Å². The van der Waals surface area contributed by atoms with E-state index in [2.05, 4.69) is 17.1 Å². The summed E-state index contributed by atoms with van der Waals surface area (Å²) in [5.74, 6) is 0.620. The molecule has 0 aromatic carbocycles. The van der Waals surface area contributed by atoms with Gasteiger partial charge in [-0.15, -0.1) is 0 Å². The Bertz CT molecular complexity index is 367. The van der Waals surface area contributed by atoms with Crippen LogP contribution in [0.25, 0.3) is 0 Å². The van der Waals surface area contributed by atoms with Crippen LogP contribution in [0.4, 0.5) is 0 Å². The molecule has 1 saturated heterocycles. The molecule has 0 spiro atoms. The molecule has 0 atom stereocenters. The van der Waals surface area contributed by atoms with Crippen molar-refractivity contribution in [3.63, 3.8) is 0 Å². The summed E-state index contributed by atoms with van der Waals surface area (Å²) in [6.07, 6.45) is 5.83. The molecule has 2 fully saturated rings. The summed E-state index contributed by atoms with van der Waals surface area (Å²) in [5.41, 5.74) is 1.30. The molecule has 92 valence electrons. The zero-order valence-corrected chi connectivity index (χ0v) is 10.0. The van der Waals surface area contributed by atoms with Crippen molar-refractivity contribution in [1.29, 1.82) is 0 Å². The Labute approximate surface area is 102 Å². The highest BCUT2D eigenvalue weighted by molar-refractivity contribution is 5.22. The maximum atomic E-state index is 9.61. The first-order valence-electron chi connectivity index (χ1n) is 6.48. The minimum atomic E-state index is -0.0898. The van der Waals surface area contributed by atoms with Crippen LogP contribution in [-0.2, 0) is 10.2 Å². The summed E-state index contributed by atoms with van der Waals surface area (Å²) in [6.45, 7) is 1.59. The van der Waals surface area contributed by atoms with Crippen LogP contribution in [0.2, 0.25) is 0 Å².